The standard InChI is InChI=1S/C24H21ClO2S/c1-2-27-24(26)16-21(19-11-7-4-8-12-19)22-15-20(25)13-14-23(22)28-17-18-9-5-3-6-10-18/h3-16H,2,17H2,1H3. The Morgan fingerprint density at radius 2 is 1.68 bits per heavy atom. The Kier molecular flexibility index (Phi) is 7.35. The van der Waals surface area contributed by atoms with Crippen LogP contribution in [0, 0.1) is 0 Å². The van der Waals surface area contributed by atoms with E-state index in [4.69, 9.17) is 16.3 Å². The second-order valence-electron chi connectivity index (χ2n) is 6.09. The number of ether oxygens (including phenoxy) is 1. The lowest BCUT2D eigenvalue weighted by molar-refractivity contribution is -0.137. The second-order valence-corrected chi connectivity index (χ2v) is 7.54. The summed E-state index contributed by atoms with van der Waals surface area (Å²) in [5.41, 5.74) is 3.91. The molecule has 3 aromatic rings. The number of thioether (sulfide) groups is 1. The van der Waals surface area contributed by atoms with Crippen LogP contribution in [0.25, 0.3) is 5.57 Å². The first kappa shape index (κ1) is 20.2. The molecule has 0 unspecified atom stereocenters. The quantitative estimate of drug-likeness (QED) is 0.249. The van der Waals surface area contributed by atoms with Gasteiger partial charge in [0.1, 0.15) is 0 Å². The Hall–Kier alpha value is -2.49. The van der Waals surface area contributed by atoms with Crippen LogP contribution in [0.2, 0.25) is 5.02 Å². The molecular formula is C24H21ClO2S. The van der Waals surface area contributed by atoms with Crippen molar-refractivity contribution in [1.82, 2.24) is 0 Å². The van der Waals surface area contributed by atoms with Gasteiger partial charge >= 0.3 is 5.97 Å². The third kappa shape index (κ3) is 5.51. The van der Waals surface area contributed by atoms with Crippen molar-refractivity contribution in [2.24, 2.45) is 0 Å². The minimum atomic E-state index is -0.361. The predicted octanol–water partition coefficient (Wildman–Crippen LogP) is 6.63. The van der Waals surface area contributed by atoms with Gasteiger partial charge in [0.2, 0.25) is 0 Å². The molecule has 4 heteroatoms. The summed E-state index contributed by atoms with van der Waals surface area (Å²) >= 11 is 8.03. The third-order valence-electron chi connectivity index (χ3n) is 4.10. The number of esters is 1. The van der Waals surface area contributed by atoms with Crippen molar-refractivity contribution in [3.63, 3.8) is 0 Å². The maximum absolute atomic E-state index is 12.2. The number of benzene rings is 3. The number of hydrogen-bond acceptors (Lipinski definition) is 3. The van der Waals surface area contributed by atoms with Crippen LogP contribution in [-0.4, -0.2) is 12.6 Å². The van der Waals surface area contributed by atoms with Crippen LogP contribution in [0.15, 0.2) is 89.8 Å². The Morgan fingerprint density at radius 3 is 2.36 bits per heavy atom. The van der Waals surface area contributed by atoms with Crippen LogP contribution in [0.4, 0.5) is 0 Å². The molecule has 0 aliphatic carbocycles. The van der Waals surface area contributed by atoms with E-state index in [-0.39, 0.29) is 5.97 Å². The van der Waals surface area contributed by atoms with E-state index < -0.39 is 0 Å². The van der Waals surface area contributed by atoms with E-state index in [2.05, 4.69) is 12.1 Å². The van der Waals surface area contributed by atoms with Crippen molar-refractivity contribution in [3.05, 3.63) is 107 Å². The number of hydrogen-bond donors (Lipinski definition) is 0. The SMILES string of the molecule is CCOC(=O)C=C(c1ccccc1)c1cc(Cl)ccc1SCc1ccccc1. The fourth-order valence-electron chi connectivity index (χ4n) is 2.81. The van der Waals surface area contributed by atoms with Crippen molar-refractivity contribution < 1.29 is 9.53 Å². The summed E-state index contributed by atoms with van der Waals surface area (Å²) in [6.07, 6.45) is 1.55. The zero-order chi connectivity index (χ0) is 19.8. The Bertz CT molecular complexity index is 953. The molecule has 0 spiro atoms. The lowest BCUT2D eigenvalue weighted by Gasteiger charge is -2.14. The van der Waals surface area contributed by atoms with Crippen LogP contribution in [-0.2, 0) is 15.3 Å². The molecule has 2 nitrogen and oxygen atoms in total. The molecule has 0 aliphatic heterocycles. The molecule has 0 N–H and O–H groups in total. The van der Waals surface area contributed by atoms with Gasteiger partial charge in [-0.3, -0.25) is 0 Å². The van der Waals surface area contributed by atoms with E-state index in [1.165, 1.54) is 5.56 Å². The maximum atomic E-state index is 12.2. The van der Waals surface area contributed by atoms with Crippen LogP contribution in [0.5, 0.6) is 0 Å². The summed E-state index contributed by atoms with van der Waals surface area (Å²) in [5, 5.41) is 0.629. The van der Waals surface area contributed by atoms with E-state index >= 15 is 0 Å². The topological polar surface area (TPSA) is 26.3 Å². The van der Waals surface area contributed by atoms with Crippen molar-refractivity contribution in [2.45, 2.75) is 17.6 Å². The normalized spacial score (nSPS) is 11.3. The van der Waals surface area contributed by atoms with Gasteiger partial charge in [0.05, 0.1) is 6.61 Å². The molecule has 142 valence electrons. The summed E-state index contributed by atoms with van der Waals surface area (Å²) in [5.74, 6) is 0.470. The monoisotopic (exact) mass is 408 g/mol. The first-order valence-corrected chi connectivity index (χ1v) is 10.4. The van der Waals surface area contributed by atoms with Crippen molar-refractivity contribution >= 4 is 34.9 Å². The first-order valence-electron chi connectivity index (χ1n) is 9.08. The summed E-state index contributed by atoms with van der Waals surface area (Å²) in [6.45, 7) is 2.14. The molecule has 0 fully saturated rings. The van der Waals surface area contributed by atoms with Crippen molar-refractivity contribution in [2.75, 3.05) is 6.61 Å². The fourth-order valence-corrected chi connectivity index (χ4v) is 3.99. The molecule has 0 bridgehead atoms. The van der Waals surface area contributed by atoms with E-state index in [9.17, 15) is 4.79 Å². The summed E-state index contributed by atoms with van der Waals surface area (Å²) in [7, 11) is 0. The highest BCUT2D eigenvalue weighted by Gasteiger charge is 2.14. The molecule has 0 radical (unpaired) electrons. The van der Waals surface area contributed by atoms with Gasteiger partial charge in [-0.2, -0.15) is 0 Å². The van der Waals surface area contributed by atoms with Gasteiger partial charge in [-0.15, -0.1) is 11.8 Å². The summed E-state index contributed by atoms with van der Waals surface area (Å²) < 4.78 is 5.16. The highest BCUT2D eigenvalue weighted by atomic mass is 35.5. The largest absolute Gasteiger partial charge is 0.463 e. The van der Waals surface area contributed by atoms with Crippen LogP contribution < -0.4 is 0 Å². The Labute approximate surface area is 175 Å². The van der Waals surface area contributed by atoms with Gasteiger partial charge in [0.15, 0.2) is 0 Å². The second kappa shape index (κ2) is 10.2. The molecule has 0 atom stereocenters. The van der Waals surface area contributed by atoms with Gasteiger partial charge in [0, 0.05) is 21.7 Å². The molecule has 0 heterocycles. The predicted molar refractivity (Wildman–Crippen MR) is 118 cm³/mol. The minimum absolute atomic E-state index is 0.336. The molecule has 0 amide bonds. The number of halogens is 1. The van der Waals surface area contributed by atoms with Gasteiger partial charge in [-0.05, 0) is 47.4 Å². The van der Waals surface area contributed by atoms with E-state index in [0.717, 1.165) is 27.3 Å². The fraction of sp³-hybridized carbons (Fsp3) is 0.125. The highest BCUT2D eigenvalue weighted by Crippen LogP contribution is 2.35. The Morgan fingerprint density at radius 1 is 1.00 bits per heavy atom. The van der Waals surface area contributed by atoms with Crippen LogP contribution >= 0.6 is 23.4 Å². The van der Waals surface area contributed by atoms with Crippen molar-refractivity contribution in [3.8, 4) is 0 Å². The zero-order valence-corrected chi connectivity index (χ0v) is 17.2. The molecule has 28 heavy (non-hydrogen) atoms. The number of rotatable bonds is 7. The lowest BCUT2D eigenvalue weighted by Crippen LogP contribution is -2.02. The average molecular weight is 409 g/mol. The molecule has 3 rings (SSSR count). The lowest BCUT2D eigenvalue weighted by atomic mass is 9.97. The van der Waals surface area contributed by atoms with Gasteiger partial charge < -0.3 is 4.74 Å². The zero-order valence-electron chi connectivity index (χ0n) is 15.6. The molecular weight excluding hydrogens is 388 g/mol. The molecule has 0 aromatic heterocycles. The maximum Gasteiger partial charge on any atom is 0.331 e. The first-order chi connectivity index (χ1) is 13.7. The average Bonchev–Trinajstić information content (AvgIpc) is 2.73. The van der Waals surface area contributed by atoms with Gasteiger partial charge in [-0.25, -0.2) is 4.79 Å². The molecule has 0 saturated heterocycles. The molecule has 0 aliphatic rings. The molecule has 0 saturated carbocycles. The highest BCUT2D eigenvalue weighted by molar-refractivity contribution is 7.98. The van der Waals surface area contributed by atoms with E-state index in [1.54, 1.807) is 24.8 Å². The van der Waals surface area contributed by atoms with Gasteiger partial charge in [0.25, 0.3) is 0 Å². The van der Waals surface area contributed by atoms with E-state index in [0.29, 0.717) is 11.6 Å². The summed E-state index contributed by atoms with van der Waals surface area (Å²) in [4.78, 5) is 13.3. The minimum Gasteiger partial charge on any atom is -0.463 e. The molecule has 3 aromatic carbocycles. The van der Waals surface area contributed by atoms with E-state index in [1.807, 2.05) is 66.7 Å². The number of carbonyl (C=O) groups is 1. The smallest absolute Gasteiger partial charge is 0.331 e. The van der Waals surface area contributed by atoms with Crippen molar-refractivity contribution in [1.29, 1.82) is 0 Å². The third-order valence-corrected chi connectivity index (χ3v) is 5.48. The van der Waals surface area contributed by atoms with Crippen LogP contribution in [0.1, 0.15) is 23.6 Å². The van der Waals surface area contributed by atoms with Crippen LogP contribution in [0.3, 0.4) is 0 Å². The van der Waals surface area contributed by atoms with Gasteiger partial charge in [-0.1, -0.05) is 72.3 Å². The number of carbonyl (C=O) groups excluding carboxylic acids is 1. The Balaban J connectivity index is 2.01. The summed E-state index contributed by atoms with van der Waals surface area (Å²) in [6, 6.07) is 25.9.